The lowest BCUT2D eigenvalue weighted by Gasteiger charge is -2.33. The van der Waals surface area contributed by atoms with Crippen molar-refractivity contribution in [3.05, 3.63) is 30.3 Å². The van der Waals surface area contributed by atoms with E-state index in [-0.39, 0.29) is 6.10 Å². The number of anilines is 1. The van der Waals surface area contributed by atoms with Crippen LogP contribution in [0.5, 0.6) is 0 Å². The fraction of sp³-hybridized carbons (Fsp3) is 0.600. The lowest BCUT2D eigenvalue weighted by molar-refractivity contribution is 0.160. The summed E-state index contributed by atoms with van der Waals surface area (Å²) in [5.41, 5.74) is 1.26. The summed E-state index contributed by atoms with van der Waals surface area (Å²) in [5.74, 6) is 0. The van der Waals surface area contributed by atoms with Crippen molar-refractivity contribution >= 4 is 5.69 Å². The van der Waals surface area contributed by atoms with Crippen LogP contribution < -0.4 is 4.90 Å². The Balaban J connectivity index is 2.13. The fourth-order valence-corrected chi connectivity index (χ4v) is 2.72. The quantitative estimate of drug-likeness (QED) is 0.844. The molecule has 0 unspecified atom stereocenters. The third-order valence-corrected chi connectivity index (χ3v) is 3.68. The van der Waals surface area contributed by atoms with Crippen LogP contribution in [0.1, 0.15) is 39.0 Å². The number of hydrogen-bond acceptors (Lipinski definition) is 2. The standard InChI is InChI=1S/C15H23NO/c1-2-3-12-16(13-8-5-4-6-9-13)14-10-7-11-15(14)17/h4-6,8-9,14-15,17H,2-3,7,10-12H2,1H3/t14-,15-/m0/s1. The maximum absolute atomic E-state index is 10.1. The van der Waals surface area contributed by atoms with Crippen LogP contribution in [0.4, 0.5) is 5.69 Å². The first-order valence-corrected chi connectivity index (χ1v) is 6.82. The Hall–Kier alpha value is -1.02. The Kier molecular flexibility index (Phi) is 4.43. The van der Waals surface area contributed by atoms with Crippen LogP contribution in [-0.2, 0) is 0 Å². The van der Waals surface area contributed by atoms with Crippen molar-refractivity contribution in [2.24, 2.45) is 0 Å². The van der Waals surface area contributed by atoms with Crippen LogP contribution in [0.15, 0.2) is 30.3 Å². The second-order valence-electron chi connectivity index (χ2n) is 4.95. The highest BCUT2D eigenvalue weighted by atomic mass is 16.3. The minimum absolute atomic E-state index is 0.146. The zero-order valence-corrected chi connectivity index (χ0v) is 10.7. The van der Waals surface area contributed by atoms with Gasteiger partial charge in [-0.1, -0.05) is 31.5 Å². The van der Waals surface area contributed by atoms with Crippen LogP contribution in [0, 0.1) is 0 Å². The minimum Gasteiger partial charge on any atom is -0.391 e. The molecular weight excluding hydrogens is 210 g/mol. The highest BCUT2D eigenvalue weighted by Gasteiger charge is 2.30. The summed E-state index contributed by atoms with van der Waals surface area (Å²) in [6.07, 6.45) is 5.48. The molecule has 0 bridgehead atoms. The summed E-state index contributed by atoms with van der Waals surface area (Å²) in [6.45, 7) is 3.27. The van der Waals surface area contributed by atoms with E-state index < -0.39 is 0 Å². The van der Waals surface area contributed by atoms with E-state index >= 15 is 0 Å². The average Bonchev–Trinajstić information content (AvgIpc) is 2.78. The van der Waals surface area contributed by atoms with Gasteiger partial charge in [-0.05, 0) is 37.8 Å². The molecule has 0 amide bonds. The molecule has 17 heavy (non-hydrogen) atoms. The maximum Gasteiger partial charge on any atom is 0.0743 e. The lowest BCUT2D eigenvalue weighted by atomic mass is 10.1. The van der Waals surface area contributed by atoms with E-state index in [9.17, 15) is 5.11 Å². The number of aliphatic hydroxyl groups excluding tert-OH is 1. The van der Waals surface area contributed by atoms with E-state index in [4.69, 9.17) is 0 Å². The number of para-hydroxylation sites is 1. The van der Waals surface area contributed by atoms with Crippen molar-refractivity contribution in [3.63, 3.8) is 0 Å². The molecule has 2 atom stereocenters. The molecule has 1 aliphatic rings. The average molecular weight is 233 g/mol. The van der Waals surface area contributed by atoms with E-state index in [1.807, 2.05) is 6.07 Å². The monoisotopic (exact) mass is 233 g/mol. The molecule has 0 aliphatic heterocycles. The first-order valence-electron chi connectivity index (χ1n) is 6.82. The molecule has 1 aliphatic carbocycles. The normalized spacial score (nSPS) is 23.9. The molecular formula is C15H23NO. The molecule has 2 nitrogen and oxygen atoms in total. The summed E-state index contributed by atoms with van der Waals surface area (Å²) in [5, 5.41) is 10.1. The van der Waals surface area contributed by atoms with Crippen molar-refractivity contribution in [1.29, 1.82) is 0 Å². The van der Waals surface area contributed by atoms with E-state index in [1.165, 1.54) is 18.5 Å². The summed E-state index contributed by atoms with van der Waals surface area (Å²) < 4.78 is 0. The third-order valence-electron chi connectivity index (χ3n) is 3.68. The molecule has 1 fully saturated rings. The summed E-state index contributed by atoms with van der Waals surface area (Å²) in [7, 11) is 0. The number of hydrogen-bond donors (Lipinski definition) is 1. The molecule has 2 heteroatoms. The molecule has 0 spiro atoms. The lowest BCUT2D eigenvalue weighted by Crippen LogP contribution is -2.41. The minimum atomic E-state index is -0.146. The van der Waals surface area contributed by atoms with Crippen LogP contribution >= 0.6 is 0 Å². The number of unbranched alkanes of at least 4 members (excludes halogenated alkanes) is 1. The molecule has 2 rings (SSSR count). The Morgan fingerprint density at radius 3 is 2.59 bits per heavy atom. The summed E-state index contributed by atoms with van der Waals surface area (Å²) in [6, 6.07) is 10.8. The van der Waals surface area contributed by atoms with Gasteiger partial charge in [-0.15, -0.1) is 0 Å². The van der Waals surface area contributed by atoms with Gasteiger partial charge in [-0.3, -0.25) is 0 Å². The molecule has 94 valence electrons. The first-order chi connectivity index (χ1) is 8.33. The van der Waals surface area contributed by atoms with E-state index in [0.29, 0.717) is 6.04 Å². The molecule has 0 saturated heterocycles. The van der Waals surface area contributed by atoms with Crippen LogP contribution in [0.25, 0.3) is 0 Å². The van der Waals surface area contributed by atoms with Crippen molar-refractivity contribution in [3.8, 4) is 0 Å². The molecule has 0 aromatic heterocycles. The van der Waals surface area contributed by atoms with Crippen molar-refractivity contribution in [1.82, 2.24) is 0 Å². The molecule has 1 aromatic carbocycles. The smallest absolute Gasteiger partial charge is 0.0743 e. The SMILES string of the molecule is CCCCN(c1ccccc1)[C@H]1CCC[C@@H]1O. The Morgan fingerprint density at radius 2 is 2.00 bits per heavy atom. The van der Waals surface area contributed by atoms with Gasteiger partial charge < -0.3 is 10.0 Å². The van der Waals surface area contributed by atoms with Gasteiger partial charge in [-0.25, -0.2) is 0 Å². The van der Waals surface area contributed by atoms with Gasteiger partial charge in [0.05, 0.1) is 12.1 Å². The summed E-state index contributed by atoms with van der Waals surface area (Å²) in [4.78, 5) is 2.40. The van der Waals surface area contributed by atoms with Gasteiger partial charge >= 0.3 is 0 Å². The van der Waals surface area contributed by atoms with E-state index in [0.717, 1.165) is 25.8 Å². The van der Waals surface area contributed by atoms with Crippen LogP contribution in [0.2, 0.25) is 0 Å². The third kappa shape index (κ3) is 3.01. The molecule has 1 saturated carbocycles. The first kappa shape index (κ1) is 12.4. The van der Waals surface area contributed by atoms with Crippen LogP contribution in [0.3, 0.4) is 0 Å². The molecule has 1 N–H and O–H groups in total. The van der Waals surface area contributed by atoms with E-state index in [2.05, 4.69) is 36.1 Å². The Labute approximate surface area is 104 Å². The topological polar surface area (TPSA) is 23.5 Å². The van der Waals surface area contributed by atoms with Gasteiger partial charge in [0.25, 0.3) is 0 Å². The van der Waals surface area contributed by atoms with Crippen molar-refractivity contribution in [2.75, 3.05) is 11.4 Å². The van der Waals surface area contributed by atoms with Gasteiger partial charge in [0, 0.05) is 12.2 Å². The molecule has 0 radical (unpaired) electrons. The van der Waals surface area contributed by atoms with Gasteiger partial charge in [-0.2, -0.15) is 0 Å². The van der Waals surface area contributed by atoms with Gasteiger partial charge in [0.2, 0.25) is 0 Å². The van der Waals surface area contributed by atoms with Gasteiger partial charge in [0.15, 0.2) is 0 Å². The highest BCUT2D eigenvalue weighted by molar-refractivity contribution is 5.47. The van der Waals surface area contributed by atoms with E-state index in [1.54, 1.807) is 0 Å². The number of nitrogens with zero attached hydrogens (tertiary/aromatic N) is 1. The zero-order valence-electron chi connectivity index (χ0n) is 10.7. The second kappa shape index (κ2) is 6.06. The number of aliphatic hydroxyl groups is 1. The largest absolute Gasteiger partial charge is 0.391 e. The fourth-order valence-electron chi connectivity index (χ4n) is 2.72. The Morgan fingerprint density at radius 1 is 1.24 bits per heavy atom. The number of benzene rings is 1. The zero-order chi connectivity index (χ0) is 12.1. The predicted molar refractivity (Wildman–Crippen MR) is 72.3 cm³/mol. The predicted octanol–water partition coefficient (Wildman–Crippen LogP) is 3.21. The van der Waals surface area contributed by atoms with Gasteiger partial charge in [0.1, 0.15) is 0 Å². The van der Waals surface area contributed by atoms with Crippen molar-refractivity contribution in [2.45, 2.75) is 51.2 Å². The van der Waals surface area contributed by atoms with Crippen LogP contribution in [-0.4, -0.2) is 23.8 Å². The molecule has 1 aromatic rings. The Bertz CT molecular complexity index is 325. The summed E-state index contributed by atoms with van der Waals surface area (Å²) >= 11 is 0. The maximum atomic E-state index is 10.1. The highest BCUT2D eigenvalue weighted by Crippen LogP contribution is 2.28. The number of rotatable bonds is 5. The molecule has 0 heterocycles. The second-order valence-corrected chi connectivity index (χ2v) is 4.95. The van der Waals surface area contributed by atoms with Crippen molar-refractivity contribution < 1.29 is 5.11 Å².